The van der Waals surface area contributed by atoms with Crippen LogP contribution in [0, 0.1) is 19.7 Å². The summed E-state index contributed by atoms with van der Waals surface area (Å²) in [6.07, 6.45) is 1.09. The molecule has 1 aromatic heterocycles. The number of nitrogens with two attached hydrogens (primary N) is 1. The van der Waals surface area contributed by atoms with Crippen molar-refractivity contribution in [3.63, 3.8) is 0 Å². The molecule has 6 heteroatoms. The molecule has 0 aliphatic carbocycles. The van der Waals surface area contributed by atoms with E-state index in [1.54, 1.807) is 11.9 Å². The molecule has 0 radical (unpaired) electrons. The van der Waals surface area contributed by atoms with E-state index in [9.17, 15) is 4.39 Å². The summed E-state index contributed by atoms with van der Waals surface area (Å²) in [5, 5.41) is 0. The maximum absolute atomic E-state index is 13.8. The molecule has 0 amide bonds. The normalized spacial score (nSPS) is 10.4. The predicted molar refractivity (Wildman–Crippen MR) is 73.8 cm³/mol. The first-order valence-corrected chi connectivity index (χ1v) is 5.83. The largest absolute Gasteiger partial charge is 0.327 e. The molecule has 2 aromatic rings. The van der Waals surface area contributed by atoms with Crippen LogP contribution in [0.25, 0.3) is 0 Å². The zero-order chi connectivity index (χ0) is 14.0. The van der Waals surface area contributed by atoms with E-state index >= 15 is 0 Å². The molecule has 100 valence electrons. The van der Waals surface area contributed by atoms with Crippen LogP contribution in [0.4, 0.5) is 21.8 Å². The molecule has 5 nitrogen and oxygen atoms in total. The van der Waals surface area contributed by atoms with Crippen LogP contribution in [0.15, 0.2) is 24.4 Å². The monoisotopic (exact) mass is 261 g/mol. The summed E-state index contributed by atoms with van der Waals surface area (Å²) < 4.78 is 13.8. The van der Waals surface area contributed by atoms with E-state index in [4.69, 9.17) is 5.84 Å². The third-order valence-electron chi connectivity index (χ3n) is 2.89. The third kappa shape index (κ3) is 2.63. The molecule has 3 N–H and O–H groups in total. The van der Waals surface area contributed by atoms with E-state index < -0.39 is 5.82 Å². The van der Waals surface area contributed by atoms with Gasteiger partial charge in [-0.2, -0.15) is 4.98 Å². The van der Waals surface area contributed by atoms with Crippen molar-refractivity contribution in [1.29, 1.82) is 0 Å². The number of nitrogens with one attached hydrogen (secondary N) is 1. The minimum absolute atomic E-state index is 0.174. The molecule has 0 aliphatic heterocycles. The standard InChI is InChI=1S/C13H16FN5/c1-8-4-5-11(9(2)6-8)19(3)12-10(14)7-16-13(17-12)18-15/h4-7H,15H2,1-3H3,(H,16,17,18). The number of hydrazine groups is 1. The van der Waals surface area contributed by atoms with Crippen molar-refractivity contribution in [2.24, 2.45) is 5.84 Å². The minimum Gasteiger partial charge on any atom is -0.327 e. The first-order chi connectivity index (χ1) is 9.02. The van der Waals surface area contributed by atoms with Gasteiger partial charge in [-0.15, -0.1) is 0 Å². The lowest BCUT2D eigenvalue weighted by molar-refractivity contribution is 0.614. The van der Waals surface area contributed by atoms with Crippen molar-refractivity contribution in [3.05, 3.63) is 41.3 Å². The maximum Gasteiger partial charge on any atom is 0.239 e. The van der Waals surface area contributed by atoms with E-state index in [0.29, 0.717) is 0 Å². The smallest absolute Gasteiger partial charge is 0.239 e. The van der Waals surface area contributed by atoms with E-state index in [1.165, 1.54) is 0 Å². The Morgan fingerprint density at radius 3 is 2.68 bits per heavy atom. The second-order valence-corrected chi connectivity index (χ2v) is 4.36. The average molecular weight is 261 g/mol. The fraction of sp³-hybridized carbons (Fsp3) is 0.231. The molecule has 0 aliphatic rings. The van der Waals surface area contributed by atoms with Crippen LogP contribution in [0.3, 0.4) is 0 Å². The van der Waals surface area contributed by atoms with Gasteiger partial charge in [0.05, 0.1) is 6.20 Å². The summed E-state index contributed by atoms with van der Waals surface area (Å²) in [4.78, 5) is 9.43. The second-order valence-electron chi connectivity index (χ2n) is 4.36. The number of nitrogens with zero attached hydrogens (tertiary/aromatic N) is 3. The molecule has 0 spiro atoms. The van der Waals surface area contributed by atoms with Crippen LogP contribution in [-0.2, 0) is 0 Å². The van der Waals surface area contributed by atoms with E-state index in [-0.39, 0.29) is 11.8 Å². The Bertz CT molecular complexity index is 600. The van der Waals surface area contributed by atoms with Gasteiger partial charge in [-0.3, -0.25) is 5.43 Å². The highest BCUT2D eigenvalue weighted by atomic mass is 19.1. The van der Waals surface area contributed by atoms with Gasteiger partial charge in [0.1, 0.15) is 0 Å². The van der Waals surface area contributed by atoms with Gasteiger partial charge in [0.2, 0.25) is 5.95 Å². The highest BCUT2D eigenvalue weighted by Gasteiger charge is 2.14. The van der Waals surface area contributed by atoms with Crippen molar-refractivity contribution in [3.8, 4) is 0 Å². The molecule has 0 saturated carbocycles. The summed E-state index contributed by atoms with van der Waals surface area (Å²) in [5.74, 6) is 5.09. The fourth-order valence-corrected chi connectivity index (χ4v) is 1.96. The zero-order valence-corrected chi connectivity index (χ0v) is 11.1. The summed E-state index contributed by atoms with van der Waals surface area (Å²) in [6.45, 7) is 3.98. The van der Waals surface area contributed by atoms with Gasteiger partial charge >= 0.3 is 0 Å². The zero-order valence-electron chi connectivity index (χ0n) is 11.1. The van der Waals surface area contributed by atoms with Gasteiger partial charge in [-0.05, 0) is 25.5 Å². The molecule has 0 saturated heterocycles. The molecule has 0 atom stereocenters. The van der Waals surface area contributed by atoms with Crippen LogP contribution in [-0.4, -0.2) is 17.0 Å². The Morgan fingerprint density at radius 1 is 1.32 bits per heavy atom. The van der Waals surface area contributed by atoms with Crippen LogP contribution in [0.5, 0.6) is 0 Å². The van der Waals surface area contributed by atoms with Gasteiger partial charge in [-0.25, -0.2) is 15.2 Å². The number of nitrogen functional groups attached to an aromatic ring is 1. The fourth-order valence-electron chi connectivity index (χ4n) is 1.96. The van der Waals surface area contributed by atoms with Crippen LogP contribution in [0.2, 0.25) is 0 Å². The molecule has 0 unspecified atom stereocenters. The molecular weight excluding hydrogens is 245 g/mol. The van der Waals surface area contributed by atoms with Crippen molar-refractivity contribution in [1.82, 2.24) is 9.97 Å². The number of aryl methyl sites for hydroxylation is 2. The van der Waals surface area contributed by atoms with E-state index in [0.717, 1.165) is 23.0 Å². The maximum atomic E-state index is 13.8. The lowest BCUT2D eigenvalue weighted by Crippen LogP contribution is -2.17. The Kier molecular flexibility index (Phi) is 3.62. The number of aromatic nitrogens is 2. The molecule has 19 heavy (non-hydrogen) atoms. The molecule has 1 aromatic carbocycles. The Hall–Kier alpha value is -2.21. The SMILES string of the molecule is Cc1ccc(N(C)c2nc(NN)ncc2F)c(C)c1. The van der Waals surface area contributed by atoms with Gasteiger partial charge in [0.25, 0.3) is 0 Å². The summed E-state index contributed by atoms with van der Waals surface area (Å²) in [5.41, 5.74) is 5.39. The van der Waals surface area contributed by atoms with Gasteiger partial charge in [0.15, 0.2) is 11.6 Å². The number of rotatable bonds is 3. The van der Waals surface area contributed by atoms with Crippen LogP contribution < -0.4 is 16.2 Å². The first-order valence-electron chi connectivity index (χ1n) is 5.83. The first kappa shape index (κ1) is 13.2. The summed E-state index contributed by atoms with van der Waals surface area (Å²) in [7, 11) is 1.75. The highest BCUT2D eigenvalue weighted by Crippen LogP contribution is 2.28. The topological polar surface area (TPSA) is 67.1 Å². The molecule has 0 fully saturated rings. The highest BCUT2D eigenvalue weighted by molar-refractivity contribution is 5.64. The summed E-state index contributed by atoms with van der Waals surface area (Å²) in [6, 6.07) is 5.94. The van der Waals surface area contributed by atoms with Crippen molar-refractivity contribution in [2.45, 2.75) is 13.8 Å². The summed E-state index contributed by atoms with van der Waals surface area (Å²) >= 11 is 0. The number of hydrogen-bond acceptors (Lipinski definition) is 5. The Balaban J connectivity index is 2.46. The van der Waals surface area contributed by atoms with Crippen molar-refractivity contribution < 1.29 is 4.39 Å². The predicted octanol–water partition coefficient (Wildman–Crippen LogP) is 2.29. The molecule has 0 bridgehead atoms. The van der Waals surface area contributed by atoms with Crippen molar-refractivity contribution >= 4 is 17.5 Å². The average Bonchev–Trinajstić information content (AvgIpc) is 2.38. The number of halogens is 1. The molecule has 2 rings (SSSR count). The number of benzene rings is 1. The van der Waals surface area contributed by atoms with Crippen LogP contribution in [0.1, 0.15) is 11.1 Å². The molecule has 1 heterocycles. The second kappa shape index (κ2) is 5.19. The lowest BCUT2D eigenvalue weighted by atomic mass is 10.1. The van der Waals surface area contributed by atoms with Crippen molar-refractivity contribution in [2.75, 3.05) is 17.4 Å². The van der Waals surface area contributed by atoms with Gasteiger partial charge < -0.3 is 4.90 Å². The van der Waals surface area contributed by atoms with Crippen LogP contribution >= 0.6 is 0 Å². The molecular formula is C13H16FN5. The van der Waals surface area contributed by atoms with Gasteiger partial charge in [-0.1, -0.05) is 17.7 Å². The quantitative estimate of drug-likeness (QED) is 0.655. The van der Waals surface area contributed by atoms with E-state index in [1.807, 2.05) is 32.0 Å². The Morgan fingerprint density at radius 2 is 2.05 bits per heavy atom. The Labute approximate surface area is 111 Å². The van der Waals surface area contributed by atoms with E-state index in [2.05, 4.69) is 15.4 Å². The van der Waals surface area contributed by atoms with Gasteiger partial charge in [0, 0.05) is 12.7 Å². The lowest BCUT2D eigenvalue weighted by Gasteiger charge is -2.21. The number of anilines is 3. The third-order valence-corrected chi connectivity index (χ3v) is 2.89. The number of hydrogen-bond donors (Lipinski definition) is 2. The minimum atomic E-state index is -0.499.